The Bertz CT molecular complexity index is 444. The van der Waals surface area contributed by atoms with Gasteiger partial charge in [-0.05, 0) is 25.7 Å². The lowest BCUT2D eigenvalue weighted by molar-refractivity contribution is 0.0923. The Morgan fingerprint density at radius 3 is 2.61 bits per heavy atom. The van der Waals surface area contributed by atoms with Gasteiger partial charge in [-0.25, -0.2) is 0 Å². The lowest BCUT2D eigenvalue weighted by Gasteiger charge is -2.22. The van der Waals surface area contributed by atoms with E-state index in [-0.39, 0.29) is 5.91 Å². The summed E-state index contributed by atoms with van der Waals surface area (Å²) in [7, 11) is 0. The average Bonchev–Trinajstić information content (AvgIpc) is 3.14. The van der Waals surface area contributed by atoms with Crippen LogP contribution in [0.4, 0.5) is 5.69 Å². The number of H-pyrrole nitrogens is 1. The smallest absolute Gasteiger partial charge is 0.274 e. The Hall–Kier alpha value is -1.52. The van der Waals surface area contributed by atoms with Crippen LogP contribution in [0.2, 0.25) is 0 Å². The molecule has 1 heterocycles. The summed E-state index contributed by atoms with van der Waals surface area (Å²) in [4.78, 5) is 12.1. The van der Waals surface area contributed by atoms with Gasteiger partial charge in [0.2, 0.25) is 0 Å². The molecule has 3 rings (SSSR count). The van der Waals surface area contributed by atoms with Crippen LogP contribution in [0.25, 0.3) is 0 Å². The third-order valence-corrected chi connectivity index (χ3v) is 3.97. The molecule has 2 fully saturated rings. The number of aromatic amines is 1. The van der Waals surface area contributed by atoms with Gasteiger partial charge < -0.3 is 11.1 Å². The number of nitrogens with one attached hydrogen (secondary N) is 2. The third kappa shape index (κ3) is 2.21. The molecule has 4 N–H and O–H groups in total. The molecule has 1 amide bonds. The molecule has 0 spiro atoms. The molecular formula is C13H20N4O. The predicted molar refractivity (Wildman–Crippen MR) is 69.3 cm³/mol. The van der Waals surface area contributed by atoms with Crippen molar-refractivity contribution in [2.75, 3.05) is 5.73 Å². The number of nitrogen functional groups attached to an aromatic ring is 1. The standard InChI is InChI=1S/C13H20N4O/c14-10-11(8-6-7-8)16-17-12(10)13(18)15-9-4-2-1-3-5-9/h8-9H,1-7,14H2,(H,15,18)(H,16,17). The van der Waals surface area contributed by atoms with Crippen LogP contribution in [-0.2, 0) is 0 Å². The number of aromatic nitrogens is 2. The molecule has 0 aromatic carbocycles. The summed E-state index contributed by atoms with van der Waals surface area (Å²) < 4.78 is 0. The number of rotatable bonds is 3. The highest BCUT2D eigenvalue weighted by Crippen LogP contribution is 2.42. The van der Waals surface area contributed by atoms with E-state index >= 15 is 0 Å². The highest BCUT2D eigenvalue weighted by Gasteiger charge is 2.30. The first-order valence-corrected chi connectivity index (χ1v) is 6.90. The van der Waals surface area contributed by atoms with E-state index in [2.05, 4.69) is 15.5 Å². The number of hydrogen-bond acceptors (Lipinski definition) is 3. The van der Waals surface area contributed by atoms with E-state index in [1.54, 1.807) is 0 Å². The quantitative estimate of drug-likeness (QED) is 0.764. The van der Waals surface area contributed by atoms with Gasteiger partial charge in [0.15, 0.2) is 5.69 Å². The van der Waals surface area contributed by atoms with Gasteiger partial charge in [0.25, 0.3) is 5.91 Å². The zero-order chi connectivity index (χ0) is 12.5. The fourth-order valence-corrected chi connectivity index (χ4v) is 2.72. The minimum absolute atomic E-state index is 0.123. The van der Waals surface area contributed by atoms with E-state index in [4.69, 9.17) is 5.73 Å². The normalized spacial score (nSPS) is 20.9. The van der Waals surface area contributed by atoms with Crippen molar-refractivity contribution in [1.29, 1.82) is 0 Å². The highest BCUT2D eigenvalue weighted by atomic mass is 16.2. The Balaban J connectivity index is 1.67. The van der Waals surface area contributed by atoms with Crippen LogP contribution in [0.3, 0.4) is 0 Å². The summed E-state index contributed by atoms with van der Waals surface area (Å²) in [6.45, 7) is 0. The molecule has 0 radical (unpaired) electrons. The lowest BCUT2D eigenvalue weighted by atomic mass is 9.95. The predicted octanol–water partition coefficient (Wildman–Crippen LogP) is 1.93. The van der Waals surface area contributed by atoms with Crippen molar-refractivity contribution in [1.82, 2.24) is 15.5 Å². The van der Waals surface area contributed by atoms with E-state index in [1.807, 2.05) is 0 Å². The van der Waals surface area contributed by atoms with Crippen molar-refractivity contribution < 1.29 is 4.79 Å². The number of carbonyl (C=O) groups is 1. The Morgan fingerprint density at radius 1 is 1.22 bits per heavy atom. The number of nitrogens with zero attached hydrogens (tertiary/aromatic N) is 1. The molecule has 5 nitrogen and oxygen atoms in total. The largest absolute Gasteiger partial charge is 0.395 e. The minimum Gasteiger partial charge on any atom is -0.395 e. The second-order valence-corrected chi connectivity index (χ2v) is 5.48. The zero-order valence-electron chi connectivity index (χ0n) is 10.5. The van der Waals surface area contributed by atoms with Gasteiger partial charge in [-0.3, -0.25) is 9.89 Å². The fraction of sp³-hybridized carbons (Fsp3) is 0.692. The fourth-order valence-electron chi connectivity index (χ4n) is 2.72. The molecule has 2 saturated carbocycles. The van der Waals surface area contributed by atoms with E-state index in [1.165, 1.54) is 19.3 Å². The molecule has 0 bridgehead atoms. The van der Waals surface area contributed by atoms with Crippen molar-refractivity contribution in [2.45, 2.75) is 56.9 Å². The van der Waals surface area contributed by atoms with E-state index in [0.29, 0.717) is 23.3 Å². The van der Waals surface area contributed by atoms with Gasteiger partial charge in [-0.1, -0.05) is 19.3 Å². The average molecular weight is 248 g/mol. The van der Waals surface area contributed by atoms with Crippen LogP contribution in [0, 0.1) is 0 Å². The minimum atomic E-state index is -0.123. The summed E-state index contributed by atoms with van der Waals surface area (Å²) in [6.07, 6.45) is 8.13. The van der Waals surface area contributed by atoms with E-state index < -0.39 is 0 Å². The summed E-state index contributed by atoms with van der Waals surface area (Å²) >= 11 is 0. The van der Waals surface area contributed by atoms with Crippen molar-refractivity contribution in [3.8, 4) is 0 Å². The van der Waals surface area contributed by atoms with Crippen molar-refractivity contribution in [3.63, 3.8) is 0 Å². The van der Waals surface area contributed by atoms with Crippen molar-refractivity contribution in [3.05, 3.63) is 11.4 Å². The summed E-state index contributed by atoms with van der Waals surface area (Å²) in [5.41, 5.74) is 7.87. The number of anilines is 1. The summed E-state index contributed by atoms with van der Waals surface area (Å²) in [6, 6.07) is 0.298. The Morgan fingerprint density at radius 2 is 1.94 bits per heavy atom. The number of hydrogen-bond donors (Lipinski definition) is 3. The van der Waals surface area contributed by atoms with Crippen LogP contribution in [0.1, 0.15) is 67.0 Å². The molecule has 1 aromatic rings. The molecule has 0 unspecified atom stereocenters. The topological polar surface area (TPSA) is 83.8 Å². The molecule has 2 aliphatic carbocycles. The first kappa shape index (κ1) is 11.6. The second kappa shape index (κ2) is 4.63. The van der Waals surface area contributed by atoms with Crippen LogP contribution in [-0.4, -0.2) is 22.1 Å². The van der Waals surface area contributed by atoms with Crippen molar-refractivity contribution >= 4 is 11.6 Å². The van der Waals surface area contributed by atoms with E-state index in [0.717, 1.165) is 31.4 Å². The van der Waals surface area contributed by atoms with Gasteiger partial charge in [-0.15, -0.1) is 0 Å². The molecule has 0 aliphatic heterocycles. The Labute approximate surface area is 107 Å². The maximum absolute atomic E-state index is 12.1. The maximum Gasteiger partial charge on any atom is 0.274 e. The first-order valence-electron chi connectivity index (χ1n) is 6.90. The van der Waals surface area contributed by atoms with Gasteiger partial charge in [-0.2, -0.15) is 5.10 Å². The zero-order valence-corrected chi connectivity index (χ0v) is 10.5. The van der Waals surface area contributed by atoms with E-state index in [9.17, 15) is 4.79 Å². The van der Waals surface area contributed by atoms with Crippen LogP contribution >= 0.6 is 0 Å². The van der Waals surface area contributed by atoms with Gasteiger partial charge in [0.1, 0.15) is 0 Å². The van der Waals surface area contributed by atoms with Gasteiger partial charge >= 0.3 is 0 Å². The first-order chi connectivity index (χ1) is 8.75. The monoisotopic (exact) mass is 248 g/mol. The molecular weight excluding hydrogens is 228 g/mol. The van der Waals surface area contributed by atoms with Gasteiger partial charge in [0.05, 0.1) is 11.4 Å². The third-order valence-electron chi connectivity index (χ3n) is 3.97. The Kier molecular flexibility index (Phi) is 2.97. The van der Waals surface area contributed by atoms with Crippen LogP contribution in [0.15, 0.2) is 0 Å². The number of amides is 1. The molecule has 1 aromatic heterocycles. The molecule has 98 valence electrons. The summed E-state index contributed by atoms with van der Waals surface area (Å²) in [5.74, 6) is 0.372. The maximum atomic E-state index is 12.1. The van der Waals surface area contributed by atoms with Gasteiger partial charge in [0, 0.05) is 12.0 Å². The van der Waals surface area contributed by atoms with Crippen LogP contribution in [0.5, 0.6) is 0 Å². The molecule has 0 saturated heterocycles. The second-order valence-electron chi connectivity index (χ2n) is 5.48. The molecule has 5 heteroatoms. The number of nitrogens with two attached hydrogens (primary N) is 1. The number of carbonyl (C=O) groups excluding carboxylic acids is 1. The van der Waals surface area contributed by atoms with Crippen molar-refractivity contribution in [2.24, 2.45) is 0 Å². The lowest BCUT2D eigenvalue weighted by Crippen LogP contribution is -2.36. The van der Waals surface area contributed by atoms with Crippen LogP contribution < -0.4 is 11.1 Å². The molecule has 2 aliphatic rings. The highest BCUT2D eigenvalue weighted by molar-refractivity contribution is 5.97. The molecule has 0 atom stereocenters. The summed E-state index contributed by atoms with van der Waals surface area (Å²) in [5, 5.41) is 10.0. The molecule has 18 heavy (non-hydrogen) atoms. The SMILES string of the molecule is Nc1c(C(=O)NC2CCCCC2)n[nH]c1C1CC1.